The van der Waals surface area contributed by atoms with Gasteiger partial charge in [0.15, 0.2) is 0 Å². The molecule has 2 aromatic heterocycles. The summed E-state index contributed by atoms with van der Waals surface area (Å²) in [6.45, 7) is 5.97. The number of aromatic nitrogens is 2. The molecule has 2 aromatic rings. The van der Waals surface area contributed by atoms with E-state index in [1.165, 1.54) is 0 Å². The summed E-state index contributed by atoms with van der Waals surface area (Å²) in [5.41, 5.74) is -1.26. The Morgan fingerprint density at radius 3 is 2.79 bits per heavy atom. The normalized spacial score (nSPS) is 25.2. The SMILES string of the molecule is CCOC1CC(NC(=O)c2cn3ccccc3n2)(C(=O)O)C1(C)C. The van der Waals surface area contributed by atoms with Crippen LogP contribution in [0.1, 0.15) is 37.7 Å². The topological polar surface area (TPSA) is 92.9 Å². The number of carboxylic acid groups (broad SMARTS) is 1. The maximum absolute atomic E-state index is 12.6. The third-order valence-corrected chi connectivity index (χ3v) is 5.05. The van der Waals surface area contributed by atoms with Gasteiger partial charge >= 0.3 is 5.97 Å². The van der Waals surface area contributed by atoms with E-state index in [2.05, 4.69) is 10.3 Å². The number of carboxylic acids is 1. The van der Waals surface area contributed by atoms with Gasteiger partial charge in [-0.1, -0.05) is 19.9 Å². The first-order valence-electron chi connectivity index (χ1n) is 7.93. The number of aliphatic carboxylic acids is 1. The van der Waals surface area contributed by atoms with Gasteiger partial charge in [0.05, 0.1) is 6.10 Å². The second kappa shape index (κ2) is 5.59. The summed E-state index contributed by atoms with van der Waals surface area (Å²) < 4.78 is 7.32. The zero-order valence-corrected chi connectivity index (χ0v) is 13.9. The van der Waals surface area contributed by atoms with Crippen LogP contribution in [0.15, 0.2) is 30.6 Å². The lowest BCUT2D eigenvalue weighted by atomic mass is 9.54. The van der Waals surface area contributed by atoms with Crippen molar-refractivity contribution < 1.29 is 19.4 Å². The number of amides is 1. The molecule has 0 aliphatic heterocycles. The molecule has 1 aliphatic rings. The molecule has 1 amide bonds. The van der Waals surface area contributed by atoms with E-state index in [0.29, 0.717) is 12.3 Å². The molecule has 0 bridgehead atoms. The average molecular weight is 331 g/mol. The molecule has 128 valence electrons. The van der Waals surface area contributed by atoms with Gasteiger partial charge in [-0.2, -0.15) is 0 Å². The molecule has 2 atom stereocenters. The van der Waals surface area contributed by atoms with E-state index in [-0.39, 0.29) is 18.2 Å². The molecule has 1 fully saturated rings. The minimum atomic E-state index is -1.36. The van der Waals surface area contributed by atoms with Crippen LogP contribution >= 0.6 is 0 Å². The van der Waals surface area contributed by atoms with Crippen LogP contribution in [0.3, 0.4) is 0 Å². The third kappa shape index (κ3) is 2.27. The zero-order valence-electron chi connectivity index (χ0n) is 13.9. The van der Waals surface area contributed by atoms with Crippen molar-refractivity contribution in [2.24, 2.45) is 5.41 Å². The summed E-state index contributed by atoms with van der Waals surface area (Å²) in [4.78, 5) is 28.7. The fourth-order valence-corrected chi connectivity index (χ4v) is 3.34. The summed E-state index contributed by atoms with van der Waals surface area (Å²) in [6, 6.07) is 5.43. The monoisotopic (exact) mass is 331 g/mol. The highest BCUT2D eigenvalue weighted by atomic mass is 16.5. The van der Waals surface area contributed by atoms with Gasteiger partial charge in [0, 0.05) is 30.8 Å². The van der Waals surface area contributed by atoms with Gasteiger partial charge in [0.1, 0.15) is 16.9 Å². The molecule has 0 spiro atoms. The Morgan fingerprint density at radius 1 is 1.46 bits per heavy atom. The second-order valence-electron chi connectivity index (χ2n) is 6.63. The summed E-state index contributed by atoms with van der Waals surface area (Å²) >= 11 is 0. The van der Waals surface area contributed by atoms with Gasteiger partial charge < -0.3 is 19.6 Å². The predicted molar refractivity (Wildman–Crippen MR) is 86.8 cm³/mol. The molecule has 3 rings (SSSR count). The fourth-order valence-electron chi connectivity index (χ4n) is 3.34. The van der Waals surface area contributed by atoms with Gasteiger partial charge in [-0.25, -0.2) is 9.78 Å². The van der Waals surface area contributed by atoms with Crippen LogP contribution in [-0.4, -0.2) is 44.6 Å². The first-order valence-corrected chi connectivity index (χ1v) is 7.93. The number of hydrogen-bond donors (Lipinski definition) is 2. The van der Waals surface area contributed by atoms with Crippen molar-refractivity contribution >= 4 is 17.5 Å². The minimum Gasteiger partial charge on any atom is -0.479 e. The molecular weight excluding hydrogens is 310 g/mol. The third-order valence-electron chi connectivity index (χ3n) is 5.05. The van der Waals surface area contributed by atoms with Gasteiger partial charge in [0.25, 0.3) is 5.91 Å². The standard InChI is InChI=1S/C17H21N3O4/c1-4-24-12-9-17(15(22)23,16(12,2)3)19-14(21)11-10-20-8-6-5-7-13(20)18-11/h5-8,10,12H,4,9H2,1-3H3,(H,19,21)(H,22,23). The van der Waals surface area contributed by atoms with Crippen LogP contribution in [-0.2, 0) is 9.53 Å². The van der Waals surface area contributed by atoms with Gasteiger partial charge in [-0.15, -0.1) is 0 Å². The summed E-state index contributed by atoms with van der Waals surface area (Å²) in [5.74, 6) is -1.55. The Bertz CT molecular complexity index is 765. The first kappa shape index (κ1) is 16.4. The van der Waals surface area contributed by atoms with E-state index in [4.69, 9.17) is 4.74 Å². The van der Waals surface area contributed by atoms with Crippen LogP contribution in [0.2, 0.25) is 0 Å². The molecule has 0 saturated heterocycles. The van der Waals surface area contributed by atoms with Crippen molar-refractivity contribution in [3.63, 3.8) is 0 Å². The number of rotatable bonds is 5. The maximum Gasteiger partial charge on any atom is 0.330 e. The van der Waals surface area contributed by atoms with Crippen LogP contribution in [0.25, 0.3) is 5.65 Å². The van der Waals surface area contributed by atoms with Crippen LogP contribution in [0.4, 0.5) is 0 Å². The van der Waals surface area contributed by atoms with Crippen molar-refractivity contribution in [1.82, 2.24) is 14.7 Å². The van der Waals surface area contributed by atoms with Crippen molar-refractivity contribution in [1.29, 1.82) is 0 Å². The van der Waals surface area contributed by atoms with Crippen LogP contribution < -0.4 is 5.32 Å². The van der Waals surface area contributed by atoms with E-state index in [1.54, 1.807) is 36.7 Å². The molecule has 7 nitrogen and oxygen atoms in total. The Hall–Kier alpha value is -2.41. The Morgan fingerprint density at radius 2 is 2.21 bits per heavy atom. The van der Waals surface area contributed by atoms with Crippen molar-refractivity contribution in [2.75, 3.05) is 6.61 Å². The molecular formula is C17H21N3O4. The predicted octanol–water partition coefficient (Wildman–Crippen LogP) is 1.72. The number of pyridine rings is 1. The Labute approximate surface area is 139 Å². The molecule has 0 radical (unpaired) electrons. The second-order valence-corrected chi connectivity index (χ2v) is 6.63. The molecule has 7 heteroatoms. The maximum atomic E-state index is 12.6. The number of fused-ring (bicyclic) bond motifs is 1. The number of nitrogens with one attached hydrogen (secondary N) is 1. The van der Waals surface area contributed by atoms with Gasteiger partial charge in [-0.05, 0) is 19.1 Å². The lowest BCUT2D eigenvalue weighted by Crippen LogP contribution is -2.76. The number of carbonyl (C=O) groups excluding carboxylic acids is 1. The highest BCUT2D eigenvalue weighted by Crippen LogP contribution is 2.51. The number of imidazole rings is 1. The number of hydrogen-bond acceptors (Lipinski definition) is 4. The van der Waals surface area contributed by atoms with E-state index < -0.39 is 22.8 Å². The van der Waals surface area contributed by atoms with E-state index in [0.717, 1.165) is 0 Å². The molecule has 1 aliphatic carbocycles. The number of nitrogens with zero attached hydrogens (tertiary/aromatic N) is 2. The highest BCUT2D eigenvalue weighted by Gasteiger charge is 2.66. The van der Waals surface area contributed by atoms with E-state index >= 15 is 0 Å². The van der Waals surface area contributed by atoms with Crippen molar-refractivity contribution in [3.8, 4) is 0 Å². The lowest BCUT2D eigenvalue weighted by molar-refractivity contribution is -0.190. The molecule has 2 N–H and O–H groups in total. The summed E-state index contributed by atoms with van der Waals surface area (Å²) in [5, 5.41) is 12.4. The average Bonchev–Trinajstić information content (AvgIpc) is 2.97. The molecule has 1 saturated carbocycles. The zero-order chi connectivity index (χ0) is 17.5. The van der Waals surface area contributed by atoms with Crippen molar-refractivity contribution in [2.45, 2.75) is 38.8 Å². The fraction of sp³-hybridized carbons (Fsp3) is 0.471. The Balaban J connectivity index is 1.87. The minimum absolute atomic E-state index is 0.192. The summed E-state index contributed by atoms with van der Waals surface area (Å²) in [6.07, 6.45) is 3.40. The van der Waals surface area contributed by atoms with Crippen LogP contribution in [0.5, 0.6) is 0 Å². The molecule has 24 heavy (non-hydrogen) atoms. The quantitative estimate of drug-likeness (QED) is 0.870. The number of ether oxygens (including phenoxy) is 1. The molecule has 0 aromatic carbocycles. The first-order chi connectivity index (χ1) is 11.3. The van der Waals surface area contributed by atoms with Crippen LogP contribution in [0, 0.1) is 5.41 Å². The molecule has 2 unspecified atom stereocenters. The Kier molecular flexibility index (Phi) is 3.83. The van der Waals surface area contributed by atoms with Gasteiger partial charge in [-0.3, -0.25) is 4.79 Å². The van der Waals surface area contributed by atoms with E-state index in [1.807, 2.05) is 19.1 Å². The summed E-state index contributed by atoms with van der Waals surface area (Å²) in [7, 11) is 0. The largest absolute Gasteiger partial charge is 0.479 e. The smallest absolute Gasteiger partial charge is 0.330 e. The van der Waals surface area contributed by atoms with Crippen molar-refractivity contribution in [3.05, 3.63) is 36.3 Å². The lowest BCUT2D eigenvalue weighted by Gasteiger charge is -2.58. The number of carbonyl (C=O) groups is 2. The van der Waals surface area contributed by atoms with E-state index in [9.17, 15) is 14.7 Å². The molecule has 2 heterocycles. The van der Waals surface area contributed by atoms with Gasteiger partial charge in [0.2, 0.25) is 0 Å². The highest BCUT2D eigenvalue weighted by molar-refractivity contribution is 5.97.